The second kappa shape index (κ2) is 4.89. The number of nitrogens with one attached hydrogen (secondary N) is 1. The summed E-state index contributed by atoms with van der Waals surface area (Å²) in [6.45, 7) is 1.82. The van der Waals surface area contributed by atoms with E-state index in [-0.39, 0.29) is 29.5 Å². The van der Waals surface area contributed by atoms with Gasteiger partial charge >= 0.3 is 0 Å². The number of aromatic amines is 1. The highest BCUT2D eigenvalue weighted by atomic mass is 32.2. The molecule has 0 bridgehead atoms. The van der Waals surface area contributed by atoms with Crippen molar-refractivity contribution in [1.29, 1.82) is 0 Å². The van der Waals surface area contributed by atoms with Gasteiger partial charge in [-0.2, -0.15) is 4.31 Å². The third kappa shape index (κ3) is 2.83. The van der Waals surface area contributed by atoms with Crippen LogP contribution in [0.3, 0.4) is 0 Å². The number of nitrogens with zero attached hydrogens (tertiary/aromatic N) is 1. The zero-order valence-electron chi connectivity index (χ0n) is 10.5. The maximum absolute atomic E-state index is 12.4. The van der Waals surface area contributed by atoms with Crippen LogP contribution in [-0.4, -0.2) is 50.2 Å². The molecule has 0 aliphatic carbocycles. The van der Waals surface area contributed by atoms with E-state index < -0.39 is 25.9 Å². The summed E-state index contributed by atoms with van der Waals surface area (Å²) in [6.07, 6.45) is 1.38. The highest BCUT2D eigenvalue weighted by Crippen LogP contribution is 2.22. The smallest absolute Gasteiger partial charge is 0.244 e. The summed E-state index contributed by atoms with van der Waals surface area (Å²) in [5.41, 5.74) is 6.05. The Labute approximate surface area is 112 Å². The quantitative estimate of drug-likeness (QED) is 0.765. The van der Waals surface area contributed by atoms with Crippen molar-refractivity contribution in [1.82, 2.24) is 9.29 Å². The molecule has 7 nitrogen and oxygen atoms in total. The largest absolute Gasteiger partial charge is 0.363 e. The number of H-pyrrole nitrogens is 1. The molecule has 3 N–H and O–H groups in total. The Bertz CT molecular complexity index is 663. The van der Waals surface area contributed by atoms with Gasteiger partial charge in [0.15, 0.2) is 9.84 Å². The van der Waals surface area contributed by atoms with Crippen LogP contribution in [0.1, 0.15) is 12.6 Å². The predicted molar refractivity (Wildman–Crippen MR) is 70.7 cm³/mol. The minimum Gasteiger partial charge on any atom is -0.363 e. The molecule has 1 fully saturated rings. The van der Waals surface area contributed by atoms with E-state index >= 15 is 0 Å². The maximum Gasteiger partial charge on any atom is 0.244 e. The van der Waals surface area contributed by atoms with Gasteiger partial charge in [0.2, 0.25) is 10.0 Å². The number of rotatable bonds is 3. The first kappa shape index (κ1) is 14.5. The molecule has 1 aliphatic rings. The molecule has 0 radical (unpaired) electrons. The summed E-state index contributed by atoms with van der Waals surface area (Å²) >= 11 is 0. The van der Waals surface area contributed by atoms with Crippen LogP contribution >= 0.6 is 0 Å². The van der Waals surface area contributed by atoms with Crippen LogP contribution in [0.2, 0.25) is 0 Å². The average Bonchev–Trinajstić information content (AvgIpc) is 2.76. The maximum atomic E-state index is 12.4. The molecule has 1 unspecified atom stereocenters. The molecular formula is C10H17N3O4S2. The summed E-state index contributed by atoms with van der Waals surface area (Å²) in [5, 5.41) is 0. The van der Waals surface area contributed by atoms with Gasteiger partial charge in [0.25, 0.3) is 0 Å². The number of sulfone groups is 1. The molecule has 1 aromatic heterocycles. The van der Waals surface area contributed by atoms with E-state index in [1.54, 1.807) is 6.92 Å². The lowest BCUT2D eigenvalue weighted by Crippen LogP contribution is -2.49. The minimum absolute atomic E-state index is 0.00499. The van der Waals surface area contributed by atoms with Crippen LogP contribution in [0, 0.1) is 0 Å². The lowest BCUT2D eigenvalue weighted by molar-refractivity contribution is 0.357. The molecule has 0 spiro atoms. The van der Waals surface area contributed by atoms with Crippen LogP contribution < -0.4 is 5.73 Å². The zero-order valence-corrected chi connectivity index (χ0v) is 12.2. The second-order valence-electron chi connectivity index (χ2n) is 4.64. The van der Waals surface area contributed by atoms with Crippen molar-refractivity contribution >= 4 is 19.9 Å². The van der Waals surface area contributed by atoms with Gasteiger partial charge in [-0.15, -0.1) is 0 Å². The van der Waals surface area contributed by atoms with Crippen molar-refractivity contribution in [2.75, 3.05) is 18.1 Å². The lowest BCUT2D eigenvalue weighted by Gasteiger charge is -2.31. The monoisotopic (exact) mass is 307 g/mol. The van der Waals surface area contributed by atoms with Crippen molar-refractivity contribution in [3.05, 3.63) is 18.0 Å². The second-order valence-corrected chi connectivity index (χ2v) is 8.76. The molecular weight excluding hydrogens is 290 g/mol. The van der Waals surface area contributed by atoms with Crippen molar-refractivity contribution in [2.24, 2.45) is 5.73 Å². The topological polar surface area (TPSA) is 113 Å². The minimum atomic E-state index is -3.67. The number of aromatic nitrogens is 1. The number of nitrogens with two attached hydrogens (primary N) is 1. The summed E-state index contributed by atoms with van der Waals surface area (Å²) in [4.78, 5) is 2.91. The molecule has 2 rings (SSSR count). The first-order valence-corrected chi connectivity index (χ1v) is 9.12. The third-order valence-electron chi connectivity index (χ3n) is 3.15. The zero-order chi connectivity index (χ0) is 14.3. The van der Waals surface area contributed by atoms with Crippen molar-refractivity contribution in [3.63, 3.8) is 0 Å². The molecule has 9 heteroatoms. The fourth-order valence-electron chi connectivity index (χ4n) is 2.16. The summed E-state index contributed by atoms with van der Waals surface area (Å²) in [5.74, 6) is -0.273. The van der Waals surface area contributed by atoms with E-state index in [9.17, 15) is 16.8 Å². The molecule has 0 saturated carbocycles. The van der Waals surface area contributed by atoms with Crippen LogP contribution in [0.4, 0.5) is 0 Å². The molecule has 1 aliphatic heterocycles. The van der Waals surface area contributed by atoms with Crippen LogP contribution in [0.15, 0.2) is 17.2 Å². The van der Waals surface area contributed by atoms with Gasteiger partial charge in [-0.25, -0.2) is 16.8 Å². The third-order valence-corrected chi connectivity index (χ3v) is 6.94. The van der Waals surface area contributed by atoms with Gasteiger partial charge in [0.05, 0.1) is 16.4 Å². The van der Waals surface area contributed by atoms with E-state index in [4.69, 9.17) is 5.73 Å². The molecule has 108 valence electrons. The Morgan fingerprint density at radius 2 is 2.21 bits per heavy atom. The molecule has 0 aromatic carbocycles. The highest BCUT2D eigenvalue weighted by molar-refractivity contribution is 7.92. The van der Waals surface area contributed by atoms with Crippen molar-refractivity contribution < 1.29 is 16.8 Å². The fraction of sp³-hybridized carbons (Fsp3) is 0.600. The Hall–Kier alpha value is -0.900. The van der Waals surface area contributed by atoms with Crippen molar-refractivity contribution in [2.45, 2.75) is 24.4 Å². The Kier molecular flexibility index (Phi) is 3.74. The van der Waals surface area contributed by atoms with Gasteiger partial charge in [0.1, 0.15) is 0 Å². The fourth-order valence-corrected chi connectivity index (χ4v) is 5.58. The first-order chi connectivity index (χ1) is 8.76. The van der Waals surface area contributed by atoms with Crippen LogP contribution in [0.25, 0.3) is 0 Å². The molecule has 1 aromatic rings. The number of hydrogen-bond donors (Lipinski definition) is 2. The van der Waals surface area contributed by atoms with Crippen LogP contribution in [0.5, 0.6) is 0 Å². The molecule has 1 saturated heterocycles. The SMILES string of the molecule is CC1CS(=O)(=O)CCN1S(=O)(=O)c1c[nH]c(CN)c1. The lowest BCUT2D eigenvalue weighted by atomic mass is 10.4. The molecule has 19 heavy (non-hydrogen) atoms. The summed E-state index contributed by atoms with van der Waals surface area (Å²) in [7, 11) is -6.81. The van der Waals surface area contributed by atoms with Gasteiger partial charge in [-0.05, 0) is 13.0 Å². The Morgan fingerprint density at radius 3 is 2.74 bits per heavy atom. The Morgan fingerprint density at radius 1 is 1.53 bits per heavy atom. The van der Waals surface area contributed by atoms with Gasteiger partial charge in [-0.1, -0.05) is 0 Å². The first-order valence-electron chi connectivity index (χ1n) is 5.86. The van der Waals surface area contributed by atoms with E-state index in [0.717, 1.165) is 0 Å². The summed E-state index contributed by atoms with van der Waals surface area (Å²) in [6, 6.07) is 0.922. The van der Waals surface area contributed by atoms with Gasteiger partial charge < -0.3 is 10.7 Å². The van der Waals surface area contributed by atoms with E-state index in [0.29, 0.717) is 5.69 Å². The van der Waals surface area contributed by atoms with E-state index in [1.807, 2.05) is 0 Å². The molecule has 2 heterocycles. The van der Waals surface area contributed by atoms with E-state index in [1.165, 1.54) is 16.6 Å². The molecule has 1 atom stereocenters. The Balaban J connectivity index is 2.30. The standard InChI is InChI=1S/C10H17N3O4S2/c1-8-7-18(14,15)3-2-13(8)19(16,17)10-4-9(5-11)12-6-10/h4,6,8,12H,2-3,5,7,11H2,1H3. The highest BCUT2D eigenvalue weighted by Gasteiger charge is 2.36. The van der Waals surface area contributed by atoms with E-state index in [2.05, 4.69) is 4.98 Å². The summed E-state index contributed by atoms with van der Waals surface area (Å²) < 4.78 is 49.0. The normalized spacial score (nSPS) is 24.4. The number of hydrogen-bond acceptors (Lipinski definition) is 5. The van der Waals surface area contributed by atoms with Crippen molar-refractivity contribution in [3.8, 4) is 0 Å². The van der Waals surface area contributed by atoms with Gasteiger partial charge in [0, 0.05) is 31.0 Å². The average molecular weight is 307 g/mol. The predicted octanol–water partition coefficient (Wildman–Crippen LogP) is -0.719. The van der Waals surface area contributed by atoms with Gasteiger partial charge in [-0.3, -0.25) is 0 Å². The number of sulfonamides is 1. The molecule has 0 amide bonds. The van der Waals surface area contributed by atoms with Crippen LogP contribution in [-0.2, 0) is 26.4 Å².